The molecule has 1 saturated heterocycles. The van der Waals surface area contributed by atoms with Crippen molar-refractivity contribution >= 4 is 11.6 Å². The average Bonchev–Trinajstić information content (AvgIpc) is 2.07. The first-order valence-corrected chi connectivity index (χ1v) is 4.90. The van der Waals surface area contributed by atoms with E-state index in [1.54, 1.807) is 0 Å². The zero-order valence-corrected chi connectivity index (χ0v) is 7.69. The summed E-state index contributed by atoms with van der Waals surface area (Å²) in [4.78, 5) is 2.48. The third-order valence-electron chi connectivity index (χ3n) is 2.07. The molecule has 0 unspecified atom stereocenters. The van der Waals surface area contributed by atoms with Crippen molar-refractivity contribution in [3.8, 4) is 0 Å². The summed E-state index contributed by atoms with van der Waals surface area (Å²) in [7, 11) is 0. The minimum absolute atomic E-state index is 0.647. The van der Waals surface area contributed by atoms with Crippen molar-refractivity contribution in [2.24, 2.45) is 0 Å². The summed E-state index contributed by atoms with van der Waals surface area (Å²) in [6.07, 6.45) is 8.34. The molecule has 0 bridgehead atoms. The molecule has 0 aromatic rings. The molecule has 1 fully saturated rings. The van der Waals surface area contributed by atoms with Gasteiger partial charge in [-0.1, -0.05) is 18.6 Å². The minimum Gasteiger partial charge on any atom is -0.300 e. The second kappa shape index (κ2) is 5.62. The summed E-state index contributed by atoms with van der Waals surface area (Å²) < 4.78 is 0. The first kappa shape index (κ1) is 9.08. The number of piperidine rings is 1. The Morgan fingerprint density at radius 1 is 1.09 bits per heavy atom. The van der Waals surface area contributed by atoms with Crippen LogP contribution in [0.2, 0.25) is 0 Å². The SMILES string of the molecule is ClC/C=C/CN1CCCCC1. The fraction of sp³-hybridized carbons (Fsp3) is 0.778. The van der Waals surface area contributed by atoms with Crippen molar-refractivity contribution in [1.82, 2.24) is 4.90 Å². The summed E-state index contributed by atoms with van der Waals surface area (Å²) in [5.41, 5.74) is 0. The molecular weight excluding hydrogens is 158 g/mol. The molecule has 1 heterocycles. The van der Waals surface area contributed by atoms with Crippen LogP contribution in [0.3, 0.4) is 0 Å². The highest BCUT2D eigenvalue weighted by Gasteiger charge is 2.06. The Kier molecular flexibility index (Phi) is 4.64. The van der Waals surface area contributed by atoms with Crippen molar-refractivity contribution in [2.45, 2.75) is 19.3 Å². The zero-order valence-electron chi connectivity index (χ0n) is 6.93. The van der Waals surface area contributed by atoms with Gasteiger partial charge in [0.2, 0.25) is 0 Å². The Labute approximate surface area is 74.0 Å². The van der Waals surface area contributed by atoms with Gasteiger partial charge in [0.1, 0.15) is 0 Å². The molecule has 1 aliphatic rings. The number of allylic oxidation sites excluding steroid dienone is 1. The molecule has 1 aliphatic heterocycles. The van der Waals surface area contributed by atoms with Crippen LogP contribution in [-0.2, 0) is 0 Å². The third-order valence-corrected chi connectivity index (χ3v) is 2.25. The van der Waals surface area contributed by atoms with Crippen LogP contribution in [0, 0.1) is 0 Å². The van der Waals surface area contributed by atoms with E-state index in [-0.39, 0.29) is 0 Å². The van der Waals surface area contributed by atoms with Gasteiger partial charge in [0, 0.05) is 12.4 Å². The van der Waals surface area contributed by atoms with Crippen molar-refractivity contribution < 1.29 is 0 Å². The molecule has 2 heteroatoms. The standard InChI is InChI=1S/C9H16ClN/c10-6-2-5-9-11-7-3-1-4-8-11/h2,5H,1,3-4,6-9H2/b5-2+. The lowest BCUT2D eigenvalue weighted by Gasteiger charge is -2.24. The molecule has 1 nitrogen and oxygen atoms in total. The fourth-order valence-electron chi connectivity index (χ4n) is 1.43. The van der Waals surface area contributed by atoms with Gasteiger partial charge in [-0.05, 0) is 25.9 Å². The summed E-state index contributed by atoms with van der Waals surface area (Å²) in [5.74, 6) is 0.647. The van der Waals surface area contributed by atoms with Gasteiger partial charge in [-0.2, -0.15) is 0 Å². The zero-order chi connectivity index (χ0) is 7.94. The smallest absolute Gasteiger partial charge is 0.0404 e. The maximum Gasteiger partial charge on any atom is 0.0404 e. The second-order valence-electron chi connectivity index (χ2n) is 2.99. The molecule has 0 aliphatic carbocycles. The van der Waals surface area contributed by atoms with E-state index in [9.17, 15) is 0 Å². The quantitative estimate of drug-likeness (QED) is 0.468. The van der Waals surface area contributed by atoms with Crippen LogP contribution < -0.4 is 0 Å². The van der Waals surface area contributed by atoms with E-state index in [0.717, 1.165) is 6.54 Å². The second-order valence-corrected chi connectivity index (χ2v) is 3.30. The average molecular weight is 174 g/mol. The Hall–Kier alpha value is -0.0100. The molecular formula is C9H16ClN. The summed E-state index contributed by atoms with van der Waals surface area (Å²) >= 11 is 5.51. The maximum absolute atomic E-state index is 5.51. The van der Waals surface area contributed by atoms with Gasteiger partial charge < -0.3 is 0 Å². The molecule has 0 aromatic heterocycles. The van der Waals surface area contributed by atoms with Gasteiger partial charge >= 0.3 is 0 Å². The Morgan fingerprint density at radius 3 is 2.45 bits per heavy atom. The van der Waals surface area contributed by atoms with Crippen molar-refractivity contribution in [2.75, 3.05) is 25.5 Å². The molecule has 0 saturated carbocycles. The fourth-order valence-corrected chi connectivity index (χ4v) is 1.55. The lowest BCUT2D eigenvalue weighted by atomic mass is 10.1. The van der Waals surface area contributed by atoms with E-state index in [2.05, 4.69) is 11.0 Å². The van der Waals surface area contributed by atoms with Crippen LogP contribution in [-0.4, -0.2) is 30.4 Å². The van der Waals surface area contributed by atoms with Crippen molar-refractivity contribution in [1.29, 1.82) is 0 Å². The molecule has 64 valence electrons. The monoisotopic (exact) mass is 173 g/mol. The molecule has 0 N–H and O–H groups in total. The van der Waals surface area contributed by atoms with Crippen LogP contribution in [0.4, 0.5) is 0 Å². The van der Waals surface area contributed by atoms with Crippen LogP contribution >= 0.6 is 11.6 Å². The summed E-state index contributed by atoms with van der Waals surface area (Å²) in [6, 6.07) is 0. The molecule has 0 amide bonds. The number of halogens is 1. The lowest BCUT2D eigenvalue weighted by Crippen LogP contribution is -2.29. The van der Waals surface area contributed by atoms with Gasteiger partial charge in [0.25, 0.3) is 0 Å². The molecule has 11 heavy (non-hydrogen) atoms. The van der Waals surface area contributed by atoms with Crippen LogP contribution in [0.5, 0.6) is 0 Å². The summed E-state index contributed by atoms with van der Waals surface area (Å²) in [5, 5.41) is 0. The van der Waals surface area contributed by atoms with Gasteiger partial charge in [-0.3, -0.25) is 4.90 Å². The van der Waals surface area contributed by atoms with Crippen molar-refractivity contribution in [3.05, 3.63) is 12.2 Å². The predicted molar refractivity (Wildman–Crippen MR) is 50.2 cm³/mol. The largest absolute Gasteiger partial charge is 0.300 e. The number of hydrogen-bond acceptors (Lipinski definition) is 1. The molecule has 0 radical (unpaired) electrons. The topological polar surface area (TPSA) is 3.24 Å². The molecule has 0 spiro atoms. The molecule has 0 atom stereocenters. The van der Waals surface area contributed by atoms with Gasteiger partial charge in [-0.25, -0.2) is 0 Å². The normalized spacial score (nSPS) is 21.2. The van der Waals surface area contributed by atoms with Gasteiger partial charge in [-0.15, -0.1) is 11.6 Å². The van der Waals surface area contributed by atoms with Crippen LogP contribution in [0.15, 0.2) is 12.2 Å². The lowest BCUT2D eigenvalue weighted by molar-refractivity contribution is 0.251. The number of rotatable bonds is 3. The van der Waals surface area contributed by atoms with E-state index >= 15 is 0 Å². The van der Waals surface area contributed by atoms with E-state index in [1.807, 2.05) is 6.08 Å². The minimum atomic E-state index is 0.647. The third kappa shape index (κ3) is 3.78. The first-order chi connectivity index (χ1) is 5.43. The highest BCUT2D eigenvalue weighted by molar-refractivity contribution is 6.18. The highest BCUT2D eigenvalue weighted by Crippen LogP contribution is 2.07. The molecule has 1 rings (SSSR count). The van der Waals surface area contributed by atoms with Crippen molar-refractivity contribution in [3.63, 3.8) is 0 Å². The number of nitrogens with zero attached hydrogens (tertiary/aromatic N) is 1. The number of alkyl halides is 1. The highest BCUT2D eigenvalue weighted by atomic mass is 35.5. The van der Waals surface area contributed by atoms with Crippen LogP contribution in [0.25, 0.3) is 0 Å². The van der Waals surface area contributed by atoms with E-state index in [0.29, 0.717) is 5.88 Å². The Morgan fingerprint density at radius 2 is 1.82 bits per heavy atom. The van der Waals surface area contributed by atoms with Crippen LogP contribution in [0.1, 0.15) is 19.3 Å². The Balaban J connectivity index is 2.09. The maximum atomic E-state index is 5.51. The first-order valence-electron chi connectivity index (χ1n) is 4.37. The van der Waals surface area contributed by atoms with Gasteiger partial charge in [0.15, 0.2) is 0 Å². The Bertz CT molecular complexity index is 117. The molecule has 0 aromatic carbocycles. The van der Waals surface area contributed by atoms with E-state index in [4.69, 9.17) is 11.6 Å². The van der Waals surface area contributed by atoms with E-state index in [1.165, 1.54) is 32.4 Å². The van der Waals surface area contributed by atoms with E-state index < -0.39 is 0 Å². The summed E-state index contributed by atoms with van der Waals surface area (Å²) in [6.45, 7) is 3.63. The number of hydrogen-bond donors (Lipinski definition) is 0. The predicted octanol–water partition coefficient (Wildman–Crippen LogP) is 2.27. The van der Waals surface area contributed by atoms with Gasteiger partial charge in [0.05, 0.1) is 0 Å². The number of likely N-dealkylation sites (tertiary alicyclic amines) is 1.